The van der Waals surface area contributed by atoms with Gasteiger partial charge >= 0.3 is 0 Å². The van der Waals surface area contributed by atoms with Crippen molar-refractivity contribution in [3.05, 3.63) is 52.0 Å². The van der Waals surface area contributed by atoms with Gasteiger partial charge in [-0.25, -0.2) is 4.98 Å². The van der Waals surface area contributed by atoms with Gasteiger partial charge in [0.05, 0.1) is 5.01 Å². The lowest BCUT2D eigenvalue weighted by Gasteiger charge is -2.19. The van der Waals surface area contributed by atoms with E-state index in [0.717, 1.165) is 17.0 Å². The van der Waals surface area contributed by atoms with Crippen LogP contribution in [0.2, 0.25) is 0 Å². The number of thiazole rings is 1. The number of nitrogens with two attached hydrogens (primary N) is 1. The molecule has 0 atom stereocenters. The van der Waals surface area contributed by atoms with E-state index in [0.29, 0.717) is 25.3 Å². The van der Waals surface area contributed by atoms with Crippen LogP contribution in [0.4, 0.5) is 0 Å². The summed E-state index contributed by atoms with van der Waals surface area (Å²) >= 11 is 1.50. The molecule has 2 N–H and O–H groups in total. The van der Waals surface area contributed by atoms with Gasteiger partial charge in [0.25, 0.3) is 5.91 Å². The van der Waals surface area contributed by atoms with Gasteiger partial charge in [-0.2, -0.15) is 0 Å². The van der Waals surface area contributed by atoms with Crippen LogP contribution < -0.4 is 5.73 Å². The number of hydrogen-bond acceptors (Lipinski definition) is 4. The number of carbonyl (C=O) groups is 1. The predicted octanol–water partition coefficient (Wildman–Crippen LogP) is 2.31. The van der Waals surface area contributed by atoms with Crippen LogP contribution in [0.15, 0.2) is 35.7 Å². The lowest BCUT2D eigenvalue weighted by Crippen LogP contribution is -2.30. The molecule has 0 saturated carbocycles. The van der Waals surface area contributed by atoms with E-state index >= 15 is 0 Å². The monoisotopic (exact) mass is 289 g/mol. The molecule has 0 fully saturated rings. The molecule has 5 heteroatoms. The van der Waals surface area contributed by atoms with E-state index in [-0.39, 0.29) is 5.91 Å². The number of carbonyl (C=O) groups excluding carboxylic acids is 1. The molecule has 0 spiro atoms. The lowest BCUT2D eigenvalue weighted by molar-refractivity contribution is 0.0747. The van der Waals surface area contributed by atoms with E-state index in [1.807, 2.05) is 42.6 Å². The minimum atomic E-state index is -0.0177. The van der Waals surface area contributed by atoms with Crippen LogP contribution in [-0.2, 0) is 13.0 Å². The van der Waals surface area contributed by atoms with Crippen LogP contribution in [0.1, 0.15) is 28.0 Å². The van der Waals surface area contributed by atoms with Crippen LogP contribution in [0.3, 0.4) is 0 Å². The highest BCUT2D eigenvalue weighted by atomic mass is 32.1. The van der Waals surface area contributed by atoms with Gasteiger partial charge in [0.2, 0.25) is 0 Å². The fraction of sp³-hybridized carbons (Fsp3) is 0.333. The zero-order valence-electron chi connectivity index (χ0n) is 11.6. The summed E-state index contributed by atoms with van der Waals surface area (Å²) in [6, 6.07) is 9.99. The topological polar surface area (TPSA) is 59.2 Å². The third-order valence-corrected chi connectivity index (χ3v) is 3.92. The van der Waals surface area contributed by atoms with Crippen molar-refractivity contribution >= 4 is 17.2 Å². The van der Waals surface area contributed by atoms with Crippen LogP contribution in [0.5, 0.6) is 0 Å². The molecule has 0 radical (unpaired) electrons. The summed E-state index contributed by atoms with van der Waals surface area (Å²) in [6.45, 7) is 3.81. The molecule has 0 aliphatic carbocycles. The molecule has 0 saturated heterocycles. The highest BCUT2D eigenvalue weighted by molar-refractivity contribution is 7.09. The first-order valence-electron chi connectivity index (χ1n) is 6.72. The minimum absolute atomic E-state index is 0.0177. The average molecular weight is 289 g/mol. The second-order valence-corrected chi connectivity index (χ2v) is 5.41. The molecule has 1 aromatic carbocycles. The molecule has 1 heterocycles. The van der Waals surface area contributed by atoms with Crippen molar-refractivity contribution in [2.45, 2.75) is 19.9 Å². The fourth-order valence-electron chi connectivity index (χ4n) is 1.94. The van der Waals surface area contributed by atoms with E-state index < -0.39 is 0 Å². The van der Waals surface area contributed by atoms with Gasteiger partial charge in [-0.15, -0.1) is 11.3 Å². The van der Waals surface area contributed by atoms with Gasteiger partial charge in [-0.3, -0.25) is 4.79 Å². The van der Waals surface area contributed by atoms with Gasteiger partial charge in [0.15, 0.2) is 0 Å². The molecule has 0 aliphatic rings. The zero-order valence-corrected chi connectivity index (χ0v) is 12.4. The quantitative estimate of drug-likeness (QED) is 0.887. The van der Waals surface area contributed by atoms with Gasteiger partial charge in [0.1, 0.15) is 5.69 Å². The predicted molar refractivity (Wildman–Crippen MR) is 81.7 cm³/mol. The Bertz CT molecular complexity index is 553. The second-order valence-electron chi connectivity index (χ2n) is 4.47. The van der Waals surface area contributed by atoms with E-state index in [1.54, 1.807) is 4.90 Å². The van der Waals surface area contributed by atoms with Crippen molar-refractivity contribution in [2.75, 3.05) is 13.1 Å². The number of hydrogen-bond donors (Lipinski definition) is 1. The number of benzene rings is 1. The maximum atomic E-state index is 12.4. The van der Waals surface area contributed by atoms with Crippen molar-refractivity contribution in [3.63, 3.8) is 0 Å². The molecule has 0 bridgehead atoms. The van der Waals surface area contributed by atoms with Crippen LogP contribution in [0, 0.1) is 0 Å². The summed E-state index contributed by atoms with van der Waals surface area (Å²) in [5.41, 5.74) is 7.15. The Morgan fingerprint density at radius 2 is 2.10 bits per heavy atom. The Morgan fingerprint density at radius 1 is 1.35 bits per heavy atom. The molecule has 0 unspecified atom stereocenters. The number of amides is 1. The highest BCUT2D eigenvalue weighted by Crippen LogP contribution is 2.14. The van der Waals surface area contributed by atoms with Crippen molar-refractivity contribution in [1.29, 1.82) is 0 Å². The zero-order chi connectivity index (χ0) is 14.4. The number of aromatic nitrogens is 1. The molecule has 106 valence electrons. The van der Waals surface area contributed by atoms with Gasteiger partial charge in [0, 0.05) is 24.9 Å². The normalized spacial score (nSPS) is 10.5. The SMILES string of the molecule is CCN(Cc1ccccc1)C(=O)c1csc(CCN)n1. The van der Waals surface area contributed by atoms with Crippen molar-refractivity contribution in [1.82, 2.24) is 9.88 Å². The summed E-state index contributed by atoms with van der Waals surface area (Å²) in [7, 11) is 0. The first kappa shape index (κ1) is 14.7. The molecule has 1 aromatic heterocycles. The van der Waals surface area contributed by atoms with Gasteiger partial charge < -0.3 is 10.6 Å². The first-order valence-corrected chi connectivity index (χ1v) is 7.60. The van der Waals surface area contributed by atoms with Gasteiger partial charge in [-0.05, 0) is 19.0 Å². The number of rotatable bonds is 6. The Kier molecular flexibility index (Phi) is 5.26. The van der Waals surface area contributed by atoms with Gasteiger partial charge in [-0.1, -0.05) is 30.3 Å². The molecular formula is C15H19N3OS. The maximum Gasteiger partial charge on any atom is 0.273 e. The molecule has 2 rings (SSSR count). The second kappa shape index (κ2) is 7.17. The standard InChI is InChI=1S/C15H19N3OS/c1-2-18(10-12-6-4-3-5-7-12)15(19)13-11-20-14(17-13)8-9-16/h3-7,11H,2,8-10,16H2,1H3. The molecular weight excluding hydrogens is 270 g/mol. The minimum Gasteiger partial charge on any atom is -0.333 e. The smallest absolute Gasteiger partial charge is 0.273 e. The summed E-state index contributed by atoms with van der Waals surface area (Å²) in [6.07, 6.45) is 0.725. The van der Waals surface area contributed by atoms with E-state index in [4.69, 9.17) is 5.73 Å². The lowest BCUT2D eigenvalue weighted by atomic mass is 10.2. The van der Waals surface area contributed by atoms with Crippen molar-refractivity contribution < 1.29 is 4.79 Å². The van der Waals surface area contributed by atoms with Crippen molar-refractivity contribution in [3.8, 4) is 0 Å². The third kappa shape index (κ3) is 3.65. The van der Waals surface area contributed by atoms with E-state index in [2.05, 4.69) is 4.98 Å². The third-order valence-electron chi connectivity index (χ3n) is 3.01. The number of nitrogens with zero attached hydrogens (tertiary/aromatic N) is 2. The summed E-state index contributed by atoms with van der Waals surface area (Å²) in [5, 5.41) is 2.74. The highest BCUT2D eigenvalue weighted by Gasteiger charge is 2.17. The molecule has 0 aliphatic heterocycles. The van der Waals surface area contributed by atoms with Crippen molar-refractivity contribution in [2.24, 2.45) is 5.73 Å². The maximum absolute atomic E-state index is 12.4. The van der Waals surface area contributed by atoms with E-state index in [1.165, 1.54) is 11.3 Å². The Labute approximate surface area is 123 Å². The molecule has 1 amide bonds. The Morgan fingerprint density at radius 3 is 2.75 bits per heavy atom. The van der Waals surface area contributed by atoms with Crippen LogP contribution in [0.25, 0.3) is 0 Å². The van der Waals surface area contributed by atoms with Crippen LogP contribution >= 0.6 is 11.3 Å². The molecule has 2 aromatic rings. The molecule has 20 heavy (non-hydrogen) atoms. The summed E-state index contributed by atoms with van der Waals surface area (Å²) < 4.78 is 0. The first-order chi connectivity index (χ1) is 9.74. The average Bonchev–Trinajstić information content (AvgIpc) is 2.94. The van der Waals surface area contributed by atoms with Crippen LogP contribution in [-0.4, -0.2) is 28.9 Å². The Balaban J connectivity index is 2.08. The summed E-state index contributed by atoms with van der Waals surface area (Å²) in [5.74, 6) is -0.0177. The molecule has 4 nitrogen and oxygen atoms in total. The Hall–Kier alpha value is -1.72. The largest absolute Gasteiger partial charge is 0.333 e. The fourth-order valence-corrected chi connectivity index (χ4v) is 2.73. The van der Waals surface area contributed by atoms with E-state index in [9.17, 15) is 4.79 Å². The summed E-state index contributed by atoms with van der Waals surface area (Å²) in [4.78, 5) is 18.6.